The molecule has 0 radical (unpaired) electrons. The van der Waals surface area contributed by atoms with Crippen LogP contribution in [0.1, 0.15) is 16.1 Å². The molecule has 0 unspecified atom stereocenters. The Bertz CT molecular complexity index is 753. The van der Waals surface area contributed by atoms with Gasteiger partial charge < -0.3 is 14.3 Å². The average molecular weight is 270 g/mol. The van der Waals surface area contributed by atoms with Crippen LogP contribution in [0.2, 0.25) is 0 Å². The van der Waals surface area contributed by atoms with Gasteiger partial charge in [0.25, 0.3) is 0 Å². The average Bonchev–Trinajstić information content (AvgIpc) is 2.97. The molecule has 0 aliphatic rings. The molecule has 0 amide bonds. The molecule has 0 saturated carbocycles. The van der Waals surface area contributed by atoms with E-state index >= 15 is 0 Å². The van der Waals surface area contributed by atoms with E-state index < -0.39 is 5.97 Å². The Kier molecular flexibility index (Phi) is 3.04. The maximum atomic E-state index is 10.9. The van der Waals surface area contributed by atoms with Crippen molar-refractivity contribution in [3.05, 3.63) is 54.2 Å². The normalized spacial score (nSPS) is 10.6. The topological polar surface area (TPSA) is 85.5 Å². The van der Waals surface area contributed by atoms with Crippen LogP contribution in [0.25, 0.3) is 10.9 Å². The number of benzene rings is 1. The van der Waals surface area contributed by atoms with Gasteiger partial charge in [-0.1, -0.05) is 0 Å². The summed E-state index contributed by atoms with van der Waals surface area (Å²) < 4.78 is 10.7. The molecule has 0 bridgehead atoms. The first-order valence-corrected chi connectivity index (χ1v) is 5.87. The van der Waals surface area contributed by atoms with Gasteiger partial charge in [-0.2, -0.15) is 0 Å². The van der Waals surface area contributed by atoms with E-state index in [1.165, 1.54) is 18.5 Å². The maximum Gasteiger partial charge on any atom is 0.335 e. The molecule has 0 fully saturated rings. The van der Waals surface area contributed by atoms with Crippen LogP contribution in [0.15, 0.2) is 47.3 Å². The SMILES string of the molecule is O=C(O)c1ccc2c(OCc3ccco3)ncnc2c1. The fourth-order valence-electron chi connectivity index (χ4n) is 1.81. The minimum atomic E-state index is -0.997. The Morgan fingerprint density at radius 1 is 1.30 bits per heavy atom. The van der Waals surface area contributed by atoms with Crippen molar-refractivity contribution in [1.82, 2.24) is 9.97 Å². The van der Waals surface area contributed by atoms with Gasteiger partial charge >= 0.3 is 5.97 Å². The molecule has 0 aliphatic carbocycles. The second kappa shape index (κ2) is 5.00. The number of hydrogen-bond acceptors (Lipinski definition) is 5. The third-order valence-electron chi connectivity index (χ3n) is 2.78. The maximum absolute atomic E-state index is 10.9. The number of furan rings is 1. The third-order valence-corrected chi connectivity index (χ3v) is 2.78. The molecular formula is C14H10N2O4. The Balaban J connectivity index is 1.93. The van der Waals surface area contributed by atoms with Gasteiger partial charge in [-0.05, 0) is 30.3 Å². The van der Waals surface area contributed by atoms with Crippen LogP contribution in [0.4, 0.5) is 0 Å². The number of aromatic nitrogens is 2. The van der Waals surface area contributed by atoms with Crippen molar-refractivity contribution in [1.29, 1.82) is 0 Å². The predicted octanol–water partition coefficient (Wildman–Crippen LogP) is 2.50. The first-order chi connectivity index (χ1) is 9.74. The number of fused-ring (bicyclic) bond motifs is 1. The van der Waals surface area contributed by atoms with Crippen LogP contribution in [0.3, 0.4) is 0 Å². The molecule has 0 atom stereocenters. The number of ether oxygens (including phenoxy) is 1. The van der Waals surface area contributed by atoms with Crippen molar-refractivity contribution in [3.8, 4) is 5.88 Å². The van der Waals surface area contributed by atoms with Crippen molar-refractivity contribution >= 4 is 16.9 Å². The highest BCUT2D eigenvalue weighted by Crippen LogP contribution is 2.23. The minimum absolute atomic E-state index is 0.174. The van der Waals surface area contributed by atoms with Crippen molar-refractivity contribution in [2.75, 3.05) is 0 Å². The quantitative estimate of drug-likeness (QED) is 0.783. The van der Waals surface area contributed by atoms with E-state index in [1.54, 1.807) is 24.5 Å². The molecule has 100 valence electrons. The number of carbonyl (C=O) groups is 1. The molecule has 1 aromatic carbocycles. The molecule has 0 aliphatic heterocycles. The van der Waals surface area contributed by atoms with E-state index in [9.17, 15) is 4.79 Å². The van der Waals surface area contributed by atoms with Crippen LogP contribution in [0.5, 0.6) is 5.88 Å². The minimum Gasteiger partial charge on any atom is -0.478 e. The first-order valence-electron chi connectivity index (χ1n) is 5.87. The number of carboxylic acid groups (broad SMARTS) is 1. The van der Waals surface area contributed by atoms with Gasteiger partial charge in [-0.15, -0.1) is 0 Å². The zero-order valence-corrected chi connectivity index (χ0v) is 10.3. The van der Waals surface area contributed by atoms with Gasteiger partial charge in [0.15, 0.2) is 0 Å². The fraction of sp³-hybridized carbons (Fsp3) is 0.0714. The Hall–Kier alpha value is -2.89. The highest BCUT2D eigenvalue weighted by Gasteiger charge is 2.09. The molecule has 20 heavy (non-hydrogen) atoms. The van der Waals surface area contributed by atoms with Gasteiger partial charge in [0, 0.05) is 0 Å². The number of hydrogen-bond donors (Lipinski definition) is 1. The second-order valence-electron chi connectivity index (χ2n) is 4.08. The van der Waals surface area contributed by atoms with Crippen LogP contribution in [-0.2, 0) is 6.61 Å². The predicted molar refractivity (Wildman–Crippen MR) is 69.5 cm³/mol. The van der Waals surface area contributed by atoms with Crippen LogP contribution >= 0.6 is 0 Å². The lowest BCUT2D eigenvalue weighted by Crippen LogP contribution is -2.00. The Labute approximate surface area is 113 Å². The molecular weight excluding hydrogens is 260 g/mol. The van der Waals surface area contributed by atoms with Crippen molar-refractivity contribution in [2.45, 2.75) is 6.61 Å². The van der Waals surface area contributed by atoms with Crippen molar-refractivity contribution < 1.29 is 19.1 Å². The molecule has 2 heterocycles. The summed E-state index contributed by atoms with van der Waals surface area (Å²) in [6.07, 6.45) is 2.90. The van der Waals surface area contributed by atoms with E-state index in [2.05, 4.69) is 9.97 Å². The summed E-state index contributed by atoms with van der Waals surface area (Å²) in [5.41, 5.74) is 0.697. The van der Waals surface area contributed by atoms with Crippen molar-refractivity contribution in [2.24, 2.45) is 0 Å². The molecule has 6 nitrogen and oxygen atoms in total. The number of carboxylic acids is 1. The van der Waals surface area contributed by atoms with E-state index in [0.717, 1.165) is 0 Å². The lowest BCUT2D eigenvalue weighted by atomic mass is 10.1. The molecule has 6 heteroatoms. The standard InChI is InChI=1S/C14H10N2O4/c17-14(18)9-3-4-11-12(6-9)15-8-16-13(11)20-7-10-2-1-5-19-10/h1-6,8H,7H2,(H,17,18). The molecule has 1 N–H and O–H groups in total. The number of aromatic carboxylic acids is 1. The van der Waals surface area contributed by atoms with Crippen LogP contribution in [0, 0.1) is 0 Å². The zero-order valence-electron chi connectivity index (χ0n) is 10.3. The molecule has 3 rings (SSSR count). The molecule has 2 aromatic heterocycles. The smallest absolute Gasteiger partial charge is 0.335 e. The molecule has 3 aromatic rings. The van der Waals surface area contributed by atoms with Gasteiger partial charge in [-0.25, -0.2) is 14.8 Å². The summed E-state index contributed by atoms with van der Waals surface area (Å²) in [5.74, 6) is 0.0748. The summed E-state index contributed by atoms with van der Waals surface area (Å²) >= 11 is 0. The Morgan fingerprint density at radius 3 is 2.95 bits per heavy atom. The monoisotopic (exact) mass is 270 g/mol. The van der Waals surface area contributed by atoms with Crippen molar-refractivity contribution in [3.63, 3.8) is 0 Å². The zero-order chi connectivity index (χ0) is 13.9. The largest absolute Gasteiger partial charge is 0.478 e. The van der Waals surface area contributed by atoms with Gasteiger partial charge in [-0.3, -0.25) is 0 Å². The summed E-state index contributed by atoms with van der Waals surface area (Å²) in [4.78, 5) is 19.0. The summed E-state index contributed by atoms with van der Waals surface area (Å²) in [5, 5.41) is 9.61. The lowest BCUT2D eigenvalue weighted by Gasteiger charge is -2.06. The highest BCUT2D eigenvalue weighted by molar-refractivity contribution is 5.94. The van der Waals surface area contributed by atoms with Crippen LogP contribution < -0.4 is 4.74 Å². The fourth-order valence-corrected chi connectivity index (χ4v) is 1.81. The third kappa shape index (κ3) is 2.31. The van der Waals surface area contributed by atoms with Gasteiger partial charge in [0.1, 0.15) is 18.7 Å². The highest BCUT2D eigenvalue weighted by atomic mass is 16.5. The van der Waals surface area contributed by atoms with Gasteiger partial charge in [0.05, 0.1) is 22.7 Å². The van der Waals surface area contributed by atoms with E-state index in [4.69, 9.17) is 14.3 Å². The lowest BCUT2D eigenvalue weighted by molar-refractivity contribution is 0.0697. The first kappa shape index (κ1) is 12.2. The number of rotatable bonds is 4. The summed E-state index contributed by atoms with van der Waals surface area (Å²) in [6.45, 7) is 0.250. The van der Waals surface area contributed by atoms with E-state index in [1.807, 2.05) is 0 Å². The van der Waals surface area contributed by atoms with E-state index in [0.29, 0.717) is 22.5 Å². The molecule has 0 spiro atoms. The van der Waals surface area contributed by atoms with Gasteiger partial charge in [0.2, 0.25) is 5.88 Å². The Morgan fingerprint density at radius 2 is 2.20 bits per heavy atom. The summed E-state index contributed by atoms with van der Waals surface area (Å²) in [7, 11) is 0. The second-order valence-corrected chi connectivity index (χ2v) is 4.08. The molecule has 0 saturated heterocycles. The van der Waals surface area contributed by atoms with E-state index in [-0.39, 0.29) is 12.2 Å². The number of nitrogens with zero attached hydrogens (tertiary/aromatic N) is 2. The van der Waals surface area contributed by atoms with Crippen LogP contribution in [-0.4, -0.2) is 21.0 Å². The summed E-state index contributed by atoms with van der Waals surface area (Å²) in [6, 6.07) is 8.19.